The number of morpholine rings is 1. The topological polar surface area (TPSA) is 34.5 Å². The Bertz CT molecular complexity index is 483. The third-order valence-corrected chi connectivity index (χ3v) is 4.17. The summed E-state index contributed by atoms with van der Waals surface area (Å²) in [6, 6.07) is 2.71. The third-order valence-electron chi connectivity index (χ3n) is 4.17. The molecule has 104 valence electrons. The van der Waals surface area contributed by atoms with Crippen molar-refractivity contribution in [2.75, 3.05) is 32.8 Å². The van der Waals surface area contributed by atoms with E-state index >= 15 is 0 Å². The third kappa shape index (κ3) is 2.60. The van der Waals surface area contributed by atoms with E-state index in [9.17, 15) is 4.79 Å². The molecule has 1 aromatic rings. The Morgan fingerprint density at radius 2 is 2.00 bits per heavy atom. The molecule has 19 heavy (non-hydrogen) atoms. The predicted octanol–water partition coefficient (Wildman–Crippen LogP) is 1.95. The van der Waals surface area contributed by atoms with Crippen LogP contribution in [0.5, 0.6) is 0 Å². The Hall–Kier alpha value is -1.13. The van der Waals surface area contributed by atoms with Crippen molar-refractivity contribution in [3.63, 3.8) is 0 Å². The molecule has 0 N–H and O–H groups in total. The van der Waals surface area contributed by atoms with Crippen molar-refractivity contribution in [3.05, 3.63) is 23.0 Å². The zero-order valence-corrected chi connectivity index (χ0v) is 11.8. The fraction of sp³-hybridized carbons (Fsp3) is 0.667. The van der Waals surface area contributed by atoms with E-state index in [4.69, 9.17) is 4.74 Å². The molecule has 1 aliphatic carbocycles. The molecule has 0 radical (unpaired) electrons. The maximum atomic E-state index is 12.4. The first-order chi connectivity index (χ1) is 9.16. The van der Waals surface area contributed by atoms with E-state index in [2.05, 4.69) is 29.4 Å². The lowest BCUT2D eigenvalue weighted by Crippen LogP contribution is -2.39. The smallest absolute Gasteiger partial charge is 0.178 e. The average molecular weight is 262 g/mol. The number of ether oxygens (including phenoxy) is 1. The van der Waals surface area contributed by atoms with E-state index in [1.807, 2.05) is 0 Å². The summed E-state index contributed by atoms with van der Waals surface area (Å²) in [7, 11) is 0. The van der Waals surface area contributed by atoms with Crippen LogP contribution in [0, 0.1) is 13.8 Å². The van der Waals surface area contributed by atoms with E-state index in [-0.39, 0.29) is 5.78 Å². The van der Waals surface area contributed by atoms with Crippen LogP contribution in [0.25, 0.3) is 0 Å². The normalized spacial score (nSPS) is 20.7. The summed E-state index contributed by atoms with van der Waals surface area (Å²) in [4.78, 5) is 14.6. The second-order valence-electron chi connectivity index (χ2n) is 5.70. The largest absolute Gasteiger partial charge is 0.379 e. The van der Waals surface area contributed by atoms with Crippen LogP contribution in [0.2, 0.25) is 0 Å². The number of Topliss-reactive ketones (excluding diaryl/α,β-unsaturated/α-hetero) is 1. The van der Waals surface area contributed by atoms with Gasteiger partial charge in [0.05, 0.1) is 19.8 Å². The van der Waals surface area contributed by atoms with E-state index in [1.165, 1.54) is 18.5 Å². The summed E-state index contributed by atoms with van der Waals surface area (Å²) in [5.74, 6) is 0.252. The van der Waals surface area contributed by atoms with Crippen LogP contribution in [0.15, 0.2) is 6.07 Å². The van der Waals surface area contributed by atoms with Crippen LogP contribution in [0.4, 0.5) is 0 Å². The fourth-order valence-electron chi connectivity index (χ4n) is 3.00. The first-order valence-electron chi connectivity index (χ1n) is 7.18. The molecule has 4 heteroatoms. The number of ketones is 1. The van der Waals surface area contributed by atoms with Gasteiger partial charge in [-0.25, -0.2) is 0 Å². The van der Waals surface area contributed by atoms with Crippen molar-refractivity contribution in [1.29, 1.82) is 0 Å². The molecule has 1 aromatic heterocycles. The molecule has 1 saturated carbocycles. The highest BCUT2D eigenvalue weighted by atomic mass is 16.5. The molecule has 0 spiro atoms. The van der Waals surface area contributed by atoms with Gasteiger partial charge in [0.1, 0.15) is 0 Å². The van der Waals surface area contributed by atoms with Crippen molar-refractivity contribution in [2.45, 2.75) is 32.7 Å². The molecule has 0 aromatic carbocycles. The number of carbonyl (C=O) groups excluding carboxylic acids is 1. The average Bonchev–Trinajstić information content (AvgIpc) is 3.17. The van der Waals surface area contributed by atoms with Gasteiger partial charge in [0, 0.05) is 36.1 Å². The van der Waals surface area contributed by atoms with E-state index in [0.29, 0.717) is 12.6 Å². The van der Waals surface area contributed by atoms with Gasteiger partial charge >= 0.3 is 0 Å². The number of aromatic nitrogens is 1. The molecule has 2 heterocycles. The molecular formula is C15H22N2O2. The molecule has 0 amide bonds. The number of carbonyl (C=O) groups is 1. The lowest BCUT2D eigenvalue weighted by molar-refractivity contribution is 0.0371. The van der Waals surface area contributed by atoms with E-state index in [1.54, 1.807) is 0 Å². The highest BCUT2D eigenvalue weighted by molar-refractivity contribution is 5.99. The summed E-state index contributed by atoms with van der Waals surface area (Å²) in [5, 5.41) is 0. The second-order valence-corrected chi connectivity index (χ2v) is 5.70. The van der Waals surface area contributed by atoms with Crippen LogP contribution in [0.1, 0.15) is 40.6 Å². The first-order valence-corrected chi connectivity index (χ1v) is 7.18. The minimum absolute atomic E-state index is 0.252. The second kappa shape index (κ2) is 5.10. The molecule has 0 unspecified atom stereocenters. The minimum Gasteiger partial charge on any atom is -0.379 e. The molecular weight excluding hydrogens is 240 g/mol. The molecule has 4 nitrogen and oxygen atoms in total. The van der Waals surface area contributed by atoms with Crippen LogP contribution >= 0.6 is 0 Å². The Morgan fingerprint density at radius 3 is 2.63 bits per heavy atom. The Balaban J connectivity index is 1.74. The molecule has 2 aliphatic rings. The lowest BCUT2D eigenvalue weighted by Gasteiger charge is -2.25. The monoisotopic (exact) mass is 262 g/mol. The quantitative estimate of drug-likeness (QED) is 0.778. The van der Waals surface area contributed by atoms with Gasteiger partial charge in [0.25, 0.3) is 0 Å². The first kappa shape index (κ1) is 12.9. The van der Waals surface area contributed by atoms with Crippen molar-refractivity contribution < 1.29 is 9.53 Å². The number of rotatable bonds is 4. The Morgan fingerprint density at radius 1 is 1.32 bits per heavy atom. The fourth-order valence-corrected chi connectivity index (χ4v) is 3.00. The van der Waals surface area contributed by atoms with Crippen LogP contribution in [-0.4, -0.2) is 48.1 Å². The van der Waals surface area contributed by atoms with Gasteiger partial charge in [0.2, 0.25) is 0 Å². The van der Waals surface area contributed by atoms with E-state index in [0.717, 1.165) is 37.6 Å². The molecule has 1 saturated heterocycles. The number of hydrogen-bond acceptors (Lipinski definition) is 3. The van der Waals surface area contributed by atoms with Gasteiger partial charge < -0.3 is 9.30 Å². The maximum absolute atomic E-state index is 12.4. The molecule has 3 rings (SSSR count). The van der Waals surface area contributed by atoms with E-state index < -0.39 is 0 Å². The summed E-state index contributed by atoms with van der Waals surface area (Å²) in [6.45, 7) is 7.94. The summed E-state index contributed by atoms with van der Waals surface area (Å²) >= 11 is 0. The SMILES string of the molecule is Cc1cc(C(=O)CN2CCOCC2)c(C)n1C1CC1. The highest BCUT2D eigenvalue weighted by Gasteiger charge is 2.28. The Labute approximate surface area is 114 Å². The standard InChI is InChI=1S/C15H22N2O2/c1-11-9-14(12(2)17(11)13-3-4-13)15(18)10-16-5-7-19-8-6-16/h9,13H,3-8,10H2,1-2H3. The van der Waals surface area contributed by atoms with Gasteiger partial charge in [-0.15, -0.1) is 0 Å². The van der Waals surface area contributed by atoms with Gasteiger partial charge in [-0.3, -0.25) is 9.69 Å². The van der Waals surface area contributed by atoms with Crippen molar-refractivity contribution in [1.82, 2.24) is 9.47 Å². The Kier molecular flexibility index (Phi) is 3.46. The zero-order valence-electron chi connectivity index (χ0n) is 11.8. The van der Waals surface area contributed by atoms with Gasteiger partial charge in [-0.1, -0.05) is 0 Å². The summed E-state index contributed by atoms with van der Waals surface area (Å²) < 4.78 is 7.66. The van der Waals surface area contributed by atoms with Crippen LogP contribution in [0.3, 0.4) is 0 Å². The minimum atomic E-state index is 0.252. The highest BCUT2D eigenvalue weighted by Crippen LogP contribution is 2.38. The van der Waals surface area contributed by atoms with Crippen molar-refractivity contribution in [3.8, 4) is 0 Å². The van der Waals surface area contributed by atoms with Crippen LogP contribution < -0.4 is 0 Å². The molecule has 0 bridgehead atoms. The molecule has 2 fully saturated rings. The number of hydrogen-bond donors (Lipinski definition) is 0. The lowest BCUT2D eigenvalue weighted by atomic mass is 10.1. The molecule has 0 atom stereocenters. The van der Waals surface area contributed by atoms with Gasteiger partial charge in [0.15, 0.2) is 5.78 Å². The van der Waals surface area contributed by atoms with Crippen molar-refractivity contribution >= 4 is 5.78 Å². The zero-order chi connectivity index (χ0) is 13.4. The summed E-state index contributed by atoms with van der Waals surface area (Å²) in [5.41, 5.74) is 3.29. The predicted molar refractivity (Wildman–Crippen MR) is 73.8 cm³/mol. The van der Waals surface area contributed by atoms with Crippen molar-refractivity contribution in [2.24, 2.45) is 0 Å². The van der Waals surface area contributed by atoms with Gasteiger partial charge in [-0.05, 0) is 32.8 Å². The number of aryl methyl sites for hydroxylation is 1. The summed E-state index contributed by atoms with van der Waals surface area (Å²) in [6.07, 6.45) is 2.51. The van der Waals surface area contributed by atoms with Gasteiger partial charge in [-0.2, -0.15) is 0 Å². The maximum Gasteiger partial charge on any atom is 0.178 e. The number of nitrogens with zero attached hydrogens (tertiary/aromatic N) is 2. The molecule has 1 aliphatic heterocycles. The van der Waals surface area contributed by atoms with Crippen LogP contribution in [-0.2, 0) is 4.74 Å².